The lowest BCUT2D eigenvalue weighted by Crippen LogP contribution is -2.26. The van der Waals surface area contributed by atoms with Crippen LogP contribution < -0.4 is 4.74 Å². The Balaban J connectivity index is 1.86. The van der Waals surface area contributed by atoms with Crippen molar-refractivity contribution in [2.45, 2.75) is 69.6 Å². The van der Waals surface area contributed by atoms with Crippen molar-refractivity contribution >= 4 is 17.7 Å². The van der Waals surface area contributed by atoms with Crippen LogP contribution >= 0.6 is 11.8 Å². The van der Waals surface area contributed by atoms with Crippen LogP contribution in [0.5, 0.6) is 5.75 Å². The number of aromatic nitrogens is 1. The summed E-state index contributed by atoms with van der Waals surface area (Å²) in [5.41, 5.74) is 3.60. The maximum absolute atomic E-state index is 10.8. The van der Waals surface area contributed by atoms with Crippen LogP contribution in [-0.4, -0.2) is 28.4 Å². The van der Waals surface area contributed by atoms with Crippen molar-refractivity contribution in [3.63, 3.8) is 0 Å². The molecule has 1 aliphatic heterocycles. The van der Waals surface area contributed by atoms with Gasteiger partial charge in [-0.15, -0.1) is 11.8 Å². The Labute approximate surface area is 189 Å². The number of unbranched alkanes of at least 4 members (excludes halogenated alkanes) is 3. The van der Waals surface area contributed by atoms with Crippen LogP contribution in [0.3, 0.4) is 0 Å². The van der Waals surface area contributed by atoms with Crippen LogP contribution in [0.15, 0.2) is 35.4 Å². The van der Waals surface area contributed by atoms with E-state index in [9.17, 15) is 4.79 Å². The molecule has 0 radical (unpaired) electrons. The van der Waals surface area contributed by atoms with E-state index in [1.165, 1.54) is 31.2 Å². The molecule has 0 unspecified atom stereocenters. The average Bonchev–Trinajstić information content (AvgIpc) is 2.72. The molecule has 2 aromatic rings. The number of rotatable bonds is 8. The second-order valence-electron chi connectivity index (χ2n) is 8.61. The molecule has 1 aliphatic rings. The summed E-state index contributed by atoms with van der Waals surface area (Å²) in [6, 6.07) is 7.91. The Kier molecular flexibility index (Phi) is 8.03. The third-order valence-electron chi connectivity index (χ3n) is 5.56. The molecule has 0 amide bonds. The molecule has 5 heteroatoms. The number of pyridine rings is 1. The number of hydrogen-bond donors (Lipinski definition) is 1. The predicted molar refractivity (Wildman–Crippen MR) is 126 cm³/mol. The SMILES string of the molecule is CCCCCCSc1cc2c(cc1C#Cc1ccc(CC(=O)O)cn1)C(C)(C)CCO2. The molecule has 1 aromatic heterocycles. The van der Waals surface area contributed by atoms with Gasteiger partial charge in [0.15, 0.2) is 0 Å². The number of carboxylic acids is 1. The fourth-order valence-electron chi connectivity index (χ4n) is 3.60. The third-order valence-corrected chi connectivity index (χ3v) is 6.70. The van der Waals surface area contributed by atoms with Gasteiger partial charge in [-0.3, -0.25) is 4.79 Å². The van der Waals surface area contributed by atoms with Crippen molar-refractivity contribution < 1.29 is 14.6 Å². The lowest BCUT2D eigenvalue weighted by molar-refractivity contribution is -0.136. The molecule has 0 spiro atoms. The van der Waals surface area contributed by atoms with E-state index in [1.807, 2.05) is 11.8 Å². The van der Waals surface area contributed by atoms with Gasteiger partial charge in [-0.2, -0.15) is 0 Å². The summed E-state index contributed by atoms with van der Waals surface area (Å²) in [7, 11) is 0. The fraction of sp³-hybridized carbons (Fsp3) is 0.462. The number of benzene rings is 1. The molecule has 2 heterocycles. The number of hydrogen-bond acceptors (Lipinski definition) is 4. The normalized spacial score (nSPS) is 14.2. The van der Waals surface area contributed by atoms with E-state index < -0.39 is 5.97 Å². The summed E-state index contributed by atoms with van der Waals surface area (Å²) < 4.78 is 5.99. The smallest absolute Gasteiger partial charge is 0.307 e. The summed E-state index contributed by atoms with van der Waals surface area (Å²) in [6.07, 6.45) is 7.51. The van der Waals surface area contributed by atoms with E-state index in [0.29, 0.717) is 11.3 Å². The minimum atomic E-state index is -0.861. The van der Waals surface area contributed by atoms with Crippen LogP contribution in [0.4, 0.5) is 0 Å². The maximum atomic E-state index is 10.8. The largest absolute Gasteiger partial charge is 0.493 e. The van der Waals surface area contributed by atoms with Crippen molar-refractivity contribution in [1.29, 1.82) is 0 Å². The molecule has 1 aromatic carbocycles. The second-order valence-corrected chi connectivity index (χ2v) is 9.74. The molecule has 0 aliphatic carbocycles. The van der Waals surface area contributed by atoms with E-state index in [4.69, 9.17) is 9.84 Å². The lowest BCUT2D eigenvalue weighted by Gasteiger charge is -2.33. The highest BCUT2D eigenvalue weighted by molar-refractivity contribution is 7.99. The quantitative estimate of drug-likeness (QED) is 0.319. The molecule has 1 N–H and O–H groups in total. The van der Waals surface area contributed by atoms with Crippen molar-refractivity contribution in [3.8, 4) is 17.6 Å². The summed E-state index contributed by atoms with van der Waals surface area (Å²) >= 11 is 1.85. The van der Waals surface area contributed by atoms with Gasteiger partial charge in [0.1, 0.15) is 11.4 Å². The molecule has 0 saturated carbocycles. The van der Waals surface area contributed by atoms with Crippen LogP contribution in [0.2, 0.25) is 0 Å². The standard InChI is InChI=1S/C26H31NO3S/c1-4-5-6-7-14-31-24-17-23-22(26(2,3)12-13-30-23)16-20(24)9-11-21-10-8-19(18-27-21)15-25(28)29/h8,10,16-18H,4-7,12-15H2,1-3H3,(H,28,29). The molecular weight excluding hydrogens is 406 g/mol. The Morgan fingerprint density at radius 2 is 2.06 bits per heavy atom. The highest BCUT2D eigenvalue weighted by Crippen LogP contribution is 2.41. The minimum absolute atomic E-state index is 0.0283. The third kappa shape index (κ3) is 6.51. The zero-order chi connectivity index (χ0) is 22.3. The van der Waals surface area contributed by atoms with Crippen molar-refractivity contribution in [3.05, 3.63) is 52.8 Å². The molecule has 31 heavy (non-hydrogen) atoms. The molecular formula is C26H31NO3S. The van der Waals surface area contributed by atoms with Crippen LogP contribution in [-0.2, 0) is 16.6 Å². The lowest BCUT2D eigenvalue weighted by atomic mass is 9.79. The summed E-state index contributed by atoms with van der Waals surface area (Å²) in [4.78, 5) is 16.3. The monoisotopic (exact) mass is 437 g/mol. The first kappa shape index (κ1) is 23.2. The van der Waals surface area contributed by atoms with Gasteiger partial charge in [-0.1, -0.05) is 52.0 Å². The van der Waals surface area contributed by atoms with Gasteiger partial charge in [0.2, 0.25) is 0 Å². The Morgan fingerprint density at radius 1 is 1.23 bits per heavy atom. The van der Waals surface area contributed by atoms with Crippen molar-refractivity contribution in [2.24, 2.45) is 0 Å². The summed E-state index contributed by atoms with van der Waals surface area (Å²) in [5, 5.41) is 8.91. The number of carbonyl (C=O) groups is 1. The molecule has 3 rings (SSSR count). The first-order chi connectivity index (χ1) is 14.9. The van der Waals surface area contributed by atoms with Gasteiger partial charge in [0.25, 0.3) is 0 Å². The number of ether oxygens (including phenoxy) is 1. The maximum Gasteiger partial charge on any atom is 0.307 e. The number of thioether (sulfide) groups is 1. The van der Waals surface area contributed by atoms with E-state index in [1.54, 1.807) is 18.3 Å². The van der Waals surface area contributed by atoms with Gasteiger partial charge in [-0.25, -0.2) is 4.98 Å². The van der Waals surface area contributed by atoms with Crippen molar-refractivity contribution in [1.82, 2.24) is 4.98 Å². The van der Waals surface area contributed by atoms with Gasteiger partial charge in [0, 0.05) is 22.2 Å². The topological polar surface area (TPSA) is 59.4 Å². The first-order valence-electron chi connectivity index (χ1n) is 11.0. The van der Waals surface area contributed by atoms with Gasteiger partial charge in [0.05, 0.1) is 13.0 Å². The molecule has 0 atom stereocenters. The number of carboxylic acid groups (broad SMARTS) is 1. The minimum Gasteiger partial charge on any atom is -0.493 e. The summed E-state index contributed by atoms with van der Waals surface area (Å²) in [6.45, 7) is 7.49. The van der Waals surface area contributed by atoms with Crippen LogP contribution in [0, 0.1) is 11.8 Å². The fourth-order valence-corrected chi connectivity index (χ4v) is 4.62. The molecule has 0 saturated heterocycles. The predicted octanol–water partition coefficient (Wildman–Crippen LogP) is 5.84. The van der Waals surface area contributed by atoms with Crippen LogP contribution in [0.1, 0.15) is 75.3 Å². The highest BCUT2D eigenvalue weighted by Gasteiger charge is 2.29. The molecule has 0 bridgehead atoms. The van der Waals surface area contributed by atoms with E-state index in [0.717, 1.165) is 35.0 Å². The average molecular weight is 438 g/mol. The number of aliphatic carboxylic acids is 1. The zero-order valence-corrected chi connectivity index (χ0v) is 19.5. The van der Waals surface area contributed by atoms with Gasteiger partial charge < -0.3 is 9.84 Å². The van der Waals surface area contributed by atoms with E-state index in [2.05, 4.69) is 49.7 Å². The second kappa shape index (κ2) is 10.7. The summed E-state index contributed by atoms with van der Waals surface area (Å²) in [5.74, 6) is 7.68. The first-order valence-corrected chi connectivity index (χ1v) is 12.0. The van der Waals surface area contributed by atoms with E-state index in [-0.39, 0.29) is 11.8 Å². The van der Waals surface area contributed by atoms with E-state index >= 15 is 0 Å². The molecule has 0 fully saturated rings. The number of fused-ring (bicyclic) bond motifs is 1. The Hall–Kier alpha value is -2.45. The van der Waals surface area contributed by atoms with Gasteiger partial charge in [-0.05, 0) is 53.7 Å². The Bertz CT molecular complexity index is 971. The van der Waals surface area contributed by atoms with Crippen LogP contribution in [0.25, 0.3) is 0 Å². The molecule has 164 valence electrons. The highest BCUT2D eigenvalue weighted by atomic mass is 32.2. The zero-order valence-electron chi connectivity index (χ0n) is 18.7. The number of nitrogens with zero attached hydrogens (tertiary/aromatic N) is 1. The van der Waals surface area contributed by atoms with Crippen molar-refractivity contribution in [2.75, 3.05) is 12.4 Å². The van der Waals surface area contributed by atoms with Gasteiger partial charge >= 0.3 is 5.97 Å². The Morgan fingerprint density at radius 3 is 2.77 bits per heavy atom. The molecule has 4 nitrogen and oxygen atoms in total.